The summed E-state index contributed by atoms with van der Waals surface area (Å²) >= 11 is 5.93. The monoisotopic (exact) mass is 302 g/mol. The van der Waals surface area contributed by atoms with E-state index in [2.05, 4.69) is 10.2 Å². The lowest BCUT2D eigenvalue weighted by Gasteiger charge is -2.07. The minimum absolute atomic E-state index is 0.0837. The first kappa shape index (κ1) is 14.9. The van der Waals surface area contributed by atoms with Gasteiger partial charge in [0.25, 0.3) is 0 Å². The summed E-state index contributed by atoms with van der Waals surface area (Å²) in [5.74, 6) is 0.642. The number of hydrogen-bond acceptors (Lipinski definition) is 3. The van der Waals surface area contributed by atoms with Crippen LogP contribution in [-0.2, 0) is 6.61 Å². The van der Waals surface area contributed by atoms with Crippen LogP contribution in [0.2, 0.25) is 5.02 Å². The van der Waals surface area contributed by atoms with Gasteiger partial charge in [0.15, 0.2) is 0 Å². The Morgan fingerprint density at radius 3 is 2.71 bits per heavy atom. The highest BCUT2D eigenvalue weighted by Crippen LogP contribution is 2.16. The van der Waals surface area contributed by atoms with E-state index >= 15 is 0 Å². The fourth-order valence-electron chi connectivity index (χ4n) is 1.64. The van der Waals surface area contributed by atoms with Crippen molar-refractivity contribution in [2.75, 3.05) is 0 Å². The van der Waals surface area contributed by atoms with Gasteiger partial charge in [-0.15, -0.1) is 5.10 Å². The van der Waals surface area contributed by atoms with Crippen LogP contribution in [0.15, 0.2) is 58.7 Å². The zero-order valence-corrected chi connectivity index (χ0v) is 12.0. The Balaban J connectivity index is 2.01. The highest BCUT2D eigenvalue weighted by Gasteiger charge is 1.98. The molecule has 6 heteroatoms. The van der Waals surface area contributed by atoms with Gasteiger partial charge in [0.1, 0.15) is 12.4 Å². The molecule has 0 heterocycles. The van der Waals surface area contributed by atoms with E-state index in [1.165, 1.54) is 0 Å². The third kappa shape index (κ3) is 5.16. The Morgan fingerprint density at radius 1 is 1.14 bits per heavy atom. The summed E-state index contributed by atoms with van der Waals surface area (Å²) < 4.78 is 5.71. The molecule has 0 bridgehead atoms. The predicted octanol–water partition coefficient (Wildman–Crippen LogP) is 2.53. The van der Waals surface area contributed by atoms with Crippen LogP contribution in [0, 0.1) is 0 Å². The van der Waals surface area contributed by atoms with Gasteiger partial charge in [-0.2, -0.15) is 5.10 Å². The molecule has 0 aliphatic rings. The SMILES string of the molecule is NC(N)=NN=Cc1cccc(OCc2cccc(Cl)c2)c1. The zero-order chi connectivity index (χ0) is 15.1. The van der Waals surface area contributed by atoms with Gasteiger partial charge in [0, 0.05) is 5.02 Å². The Labute approximate surface area is 127 Å². The molecule has 21 heavy (non-hydrogen) atoms. The number of guanidine groups is 1. The number of hydrogen-bond donors (Lipinski definition) is 2. The number of nitrogens with zero attached hydrogens (tertiary/aromatic N) is 2. The van der Waals surface area contributed by atoms with E-state index in [9.17, 15) is 0 Å². The molecule has 0 saturated carbocycles. The number of ether oxygens (including phenoxy) is 1. The molecular formula is C15H15ClN4O. The summed E-state index contributed by atoms with van der Waals surface area (Å²) in [4.78, 5) is 0. The highest BCUT2D eigenvalue weighted by atomic mass is 35.5. The molecule has 0 aliphatic heterocycles. The maximum atomic E-state index is 5.93. The lowest BCUT2D eigenvalue weighted by molar-refractivity contribution is 0.306. The minimum atomic E-state index is -0.0837. The second-order valence-electron chi connectivity index (χ2n) is 4.26. The summed E-state index contributed by atoms with van der Waals surface area (Å²) in [6, 6.07) is 15.0. The van der Waals surface area contributed by atoms with E-state index in [4.69, 9.17) is 27.8 Å². The third-order valence-electron chi connectivity index (χ3n) is 2.53. The van der Waals surface area contributed by atoms with E-state index < -0.39 is 0 Å². The average molecular weight is 303 g/mol. The van der Waals surface area contributed by atoms with Crippen LogP contribution in [0.25, 0.3) is 0 Å². The van der Waals surface area contributed by atoms with Crippen molar-refractivity contribution in [1.82, 2.24) is 0 Å². The molecule has 0 aliphatic carbocycles. The molecule has 0 fully saturated rings. The molecule has 0 aromatic heterocycles. The number of nitrogens with two attached hydrogens (primary N) is 2. The van der Waals surface area contributed by atoms with Gasteiger partial charge in [-0.1, -0.05) is 35.9 Å². The summed E-state index contributed by atoms with van der Waals surface area (Å²) in [7, 11) is 0. The zero-order valence-electron chi connectivity index (χ0n) is 11.2. The topological polar surface area (TPSA) is 86.0 Å². The Kier molecular flexibility index (Phi) is 5.17. The molecule has 0 saturated heterocycles. The predicted molar refractivity (Wildman–Crippen MR) is 85.6 cm³/mol. The lowest BCUT2D eigenvalue weighted by atomic mass is 10.2. The Hall–Kier alpha value is -2.53. The molecule has 0 spiro atoms. The van der Waals surface area contributed by atoms with E-state index in [1.807, 2.05) is 48.5 Å². The quantitative estimate of drug-likeness (QED) is 0.505. The van der Waals surface area contributed by atoms with Crippen LogP contribution in [0.4, 0.5) is 0 Å². The molecule has 108 valence electrons. The highest BCUT2D eigenvalue weighted by molar-refractivity contribution is 6.30. The maximum absolute atomic E-state index is 5.93. The number of rotatable bonds is 5. The summed E-state index contributed by atoms with van der Waals surface area (Å²) in [6.07, 6.45) is 1.55. The molecule has 0 radical (unpaired) electrons. The molecule has 4 N–H and O–H groups in total. The van der Waals surface area contributed by atoms with Crippen molar-refractivity contribution in [3.05, 3.63) is 64.7 Å². The Bertz CT molecular complexity index is 666. The van der Waals surface area contributed by atoms with Crippen molar-refractivity contribution in [3.8, 4) is 5.75 Å². The van der Waals surface area contributed by atoms with Gasteiger partial charge in [-0.05, 0) is 35.4 Å². The maximum Gasteiger partial charge on any atom is 0.211 e. The second kappa shape index (κ2) is 7.31. The van der Waals surface area contributed by atoms with E-state index in [1.54, 1.807) is 6.21 Å². The smallest absolute Gasteiger partial charge is 0.211 e. The van der Waals surface area contributed by atoms with Crippen molar-refractivity contribution in [3.63, 3.8) is 0 Å². The third-order valence-corrected chi connectivity index (χ3v) is 2.77. The van der Waals surface area contributed by atoms with Crippen LogP contribution in [0.3, 0.4) is 0 Å². The van der Waals surface area contributed by atoms with Crippen LogP contribution in [-0.4, -0.2) is 12.2 Å². The van der Waals surface area contributed by atoms with Crippen LogP contribution >= 0.6 is 11.6 Å². The number of benzene rings is 2. The molecule has 0 atom stereocenters. The standard InChI is InChI=1S/C15H15ClN4O/c16-13-5-1-4-12(7-13)10-21-14-6-2-3-11(8-14)9-19-20-15(17)18/h1-9H,10H2,(H4,17,18,20). The summed E-state index contributed by atoms with van der Waals surface area (Å²) in [5.41, 5.74) is 12.2. The van der Waals surface area contributed by atoms with E-state index in [0.717, 1.165) is 16.9 Å². The van der Waals surface area contributed by atoms with Gasteiger partial charge < -0.3 is 16.2 Å². The van der Waals surface area contributed by atoms with Crippen LogP contribution in [0.5, 0.6) is 5.75 Å². The fourth-order valence-corrected chi connectivity index (χ4v) is 1.85. The molecule has 5 nitrogen and oxygen atoms in total. The number of halogens is 1. The van der Waals surface area contributed by atoms with Crippen molar-refractivity contribution >= 4 is 23.8 Å². The molecule has 0 amide bonds. The van der Waals surface area contributed by atoms with Crippen LogP contribution < -0.4 is 16.2 Å². The first-order valence-corrected chi connectivity index (χ1v) is 6.60. The molecule has 2 aromatic carbocycles. The first-order valence-electron chi connectivity index (χ1n) is 6.23. The first-order chi connectivity index (χ1) is 10.1. The van der Waals surface area contributed by atoms with E-state index in [-0.39, 0.29) is 5.96 Å². The summed E-state index contributed by atoms with van der Waals surface area (Å²) in [6.45, 7) is 0.440. The molecule has 2 rings (SSSR count). The average Bonchev–Trinajstić information content (AvgIpc) is 2.45. The normalized spacial score (nSPS) is 10.5. The lowest BCUT2D eigenvalue weighted by Crippen LogP contribution is -2.21. The van der Waals surface area contributed by atoms with Gasteiger partial charge in [-0.3, -0.25) is 0 Å². The van der Waals surface area contributed by atoms with Crippen molar-refractivity contribution in [2.24, 2.45) is 21.7 Å². The molecular weight excluding hydrogens is 288 g/mol. The second-order valence-corrected chi connectivity index (χ2v) is 4.70. The minimum Gasteiger partial charge on any atom is -0.489 e. The van der Waals surface area contributed by atoms with Gasteiger partial charge in [-0.25, -0.2) is 0 Å². The summed E-state index contributed by atoms with van der Waals surface area (Å²) in [5, 5.41) is 7.98. The van der Waals surface area contributed by atoms with E-state index in [0.29, 0.717) is 11.6 Å². The largest absolute Gasteiger partial charge is 0.489 e. The van der Waals surface area contributed by atoms with Gasteiger partial charge in [0.2, 0.25) is 5.96 Å². The molecule has 0 unspecified atom stereocenters. The van der Waals surface area contributed by atoms with Crippen molar-refractivity contribution in [1.29, 1.82) is 0 Å². The van der Waals surface area contributed by atoms with Crippen molar-refractivity contribution in [2.45, 2.75) is 6.61 Å². The van der Waals surface area contributed by atoms with Crippen LogP contribution in [0.1, 0.15) is 11.1 Å². The van der Waals surface area contributed by atoms with Gasteiger partial charge >= 0.3 is 0 Å². The van der Waals surface area contributed by atoms with Crippen molar-refractivity contribution < 1.29 is 4.74 Å². The molecule has 2 aromatic rings. The van der Waals surface area contributed by atoms with Gasteiger partial charge in [0.05, 0.1) is 6.21 Å². The fraction of sp³-hybridized carbons (Fsp3) is 0.0667. The Morgan fingerprint density at radius 2 is 1.95 bits per heavy atom.